The average Bonchev–Trinajstić information content (AvgIpc) is 2.24. The van der Waals surface area contributed by atoms with Crippen LogP contribution in [-0.2, 0) is 0 Å². The van der Waals surface area contributed by atoms with Gasteiger partial charge in [0.25, 0.3) is 0 Å². The Hall–Kier alpha value is -1.52. The van der Waals surface area contributed by atoms with Crippen LogP contribution in [0.15, 0.2) is 6.33 Å². The quantitative estimate of drug-likeness (QED) is 0.699. The van der Waals surface area contributed by atoms with Crippen molar-refractivity contribution < 1.29 is 4.74 Å². The van der Waals surface area contributed by atoms with E-state index in [-0.39, 0.29) is 0 Å². The standard InChI is InChI=1S/C10H18N4O/c1-3-5-6-12-9-8(11)10(15-4-2)14-7-13-9/h7H,3-6,11H2,1-2H3,(H,12,13,14). The van der Waals surface area contributed by atoms with E-state index in [1.54, 1.807) is 0 Å². The largest absolute Gasteiger partial charge is 0.476 e. The number of hydrogen-bond donors (Lipinski definition) is 2. The predicted octanol–water partition coefficient (Wildman–Crippen LogP) is 1.67. The second-order valence-electron chi connectivity index (χ2n) is 3.15. The summed E-state index contributed by atoms with van der Waals surface area (Å²) in [5.74, 6) is 1.10. The number of ether oxygens (including phenoxy) is 1. The van der Waals surface area contributed by atoms with E-state index in [1.165, 1.54) is 6.33 Å². The molecular formula is C10H18N4O. The fraction of sp³-hybridized carbons (Fsp3) is 0.600. The summed E-state index contributed by atoms with van der Waals surface area (Å²) < 4.78 is 5.27. The van der Waals surface area contributed by atoms with Crippen LogP contribution >= 0.6 is 0 Å². The number of aromatic nitrogens is 2. The summed E-state index contributed by atoms with van der Waals surface area (Å²) in [7, 11) is 0. The van der Waals surface area contributed by atoms with Crippen molar-refractivity contribution in [2.75, 3.05) is 24.2 Å². The van der Waals surface area contributed by atoms with Gasteiger partial charge in [0.2, 0.25) is 5.88 Å². The number of nitrogens with one attached hydrogen (secondary N) is 1. The molecule has 5 nitrogen and oxygen atoms in total. The zero-order valence-electron chi connectivity index (χ0n) is 9.29. The van der Waals surface area contributed by atoms with Crippen LogP contribution < -0.4 is 15.8 Å². The van der Waals surface area contributed by atoms with Gasteiger partial charge < -0.3 is 15.8 Å². The van der Waals surface area contributed by atoms with Crippen molar-refractivity contribution >= 4 is 11.5 Å². The first-order chi connectivity index (χ1) is 7.29. The molecule has 0 fully saturated rings. The summed E-state index contributed by atoms with van der Waals surface area (Å²) in [5, 5.41) is 3.16. The minimum absolute atomic E-state index is 0.450. The van der Waals surface area contributed by atoms with Gasteiger partial charge in [-0.1, -0.05) is 13.3 Å². The molecule has 3 N–H and O–H groups in total. The Balaban J connectivity index is 2.66. The third-order valence-corrected chi connectivity index (χ3v) is 1.95. The van der Waals surface area contributed by atoms with E-state index in [0.29, 0.717) is 24.0 Å². The Morgan fingerprint density at radius 2 is 2.20 bits per heavy atom. The molecule has 0 aliphatic carbocycles. The summed E-state index contributed by atoms with van der Waals surface area (Å²) in [6.45, 7) is 5.45. The third kappa shape index (κ3) is 3.27. The maximum atomic E-state index is 5.84. The lowest BCUT2D eigenvalue weighted by Crippen LogP contribution is -2.08. The van der Waals surface area contributed by atoms with E-state index in [1.807, 2.05) is 6.92 Å². The Morgan fingerprint density at radius 1 is 1.40 bits per heavy atom. The molecule has 1 aromatic heterocycles. The Bertz CT molecular complexity index is 303. The molecule has 0 saturated heterocycles. The lowest BCUT2D eigenvalue weighted by molar-refractivity contribution is 0.328. The Morgan fingerprint density at radius 3 is 2.87 bits per heavy atom. The van der Waals surface area contributed by atoms with Crippen molar-refractivity contribution in [3.8, 4) is 5.88 Å². The van der Waals surface area contributed by atoms with Crippen LogP contribution in [-0.4, -0.2) is 23.1 Å². The van der Waals surface area contributed by atoms with Crippen LogP contribution in [0, 0.1) is 0 Å². The number of rotatable bonds is 6. The number of unbranched alkanes of at least 4 members (excludes halogenated alkanes) is 1. The number of nitrogen functional groups attached to an aromatic ring is 1. The van der Waals surface area contributed by atoms with Gasteiger partial charge in [-0.2, -0.15) is 4.98 Å². The number of hydrogen-bond acceptors (Lipinski definition) is 5. The molecule has 0 aliphatic rings. The molecule has 0 bridgehead atoms. The van der Waals surface area contributed by atoms with Crippen LogP contribution in [0.4, 0.5) is 11.5 Å². The van der Waals surface area contributed by atoms with Crippen molar-refractivity contribution in [2.45, 2.75) is 26.7 Å². The molecule has 0 amide bonds. The van der Waals surface area contributed by atoms with Gasteiger partial charge in [0.15, 0.2) is 5.82 Å². The van der Waals surface area contributed by atoms with Crippen molar-refractivity contribution in [2.24, 2.45) is 0 Å². The Kier molecular flexibility index (Phi) is 4.66. The molecule has 1 aromatic rings. The first-order valence-electron chi connectivity index (χ1n) is 5.26. The van der Waals surface area contributed by atoms with Gasteiger partial charge in [0.05, 0.1) is 6.61 Å². The third-order valence-electron chi connectivity index (χ3n) is 1.95. The molecule has 0 unspecified atom stereocenters. The second-order valence-corrected chi connectivity index (χ2v) is 3.15. The highest BCUT2D eigenvalue weighted by Crippen LogP contribution is 2.24. The minimum atomic E-state index is 0.450. The van der Waals surface area contributed by atoms with E-state index in [0.717, 1.165) is 19.4 Å². The fourth-order valence-electron chi connectivity index (χ4n) is 1.16. The molecule has 0 aliphatic heterocycles. The van der Waals surface area contributed by atoms with Gasteiger partial charge >= 0.3 is 0 Å². The zero-order valence-corrected chi connectivity index (χ0v) is 9.29. The van der Waals surface area contributed by atoms with Gasteiger partial charge in [0, 0.05) is 6.54 Å². The first kappa shape index (κ1) is 11.6. The second kappa shape index (κ2) is 6.06. The normalized spacial score (nSPS) is 10.0. The van der Waals surface area contributed by atoms with Crippen LogP contribution in [0.25, 0.3) is 0 Å². The maximum Gasteiger partial charge on any atom is 0.242 e. The van der Waals surface area contributed by atoms with Gasteiger partial charge in [-0.15, -0.1) is 0 Å². The van der Waals surface area contributed by atoms with Gasteiger partial charge in [-0.3, -0.25) is 0 Å². The molecule has 0 spiro atoms. The highest BCUT2D eigenvalue weighted by atomic mass is 16.5. The smallest absolute Gasteiger partial charge is 0.242 e. The van der Waals surface area contributed by atoms with Crippen LogP contribution in [0.3, 0.4) is 0 Å². The SMILES string of the molecule is CCCCNc1ncnc(OCC)c1N. The Labute approximate surface area is 90.1 Å². The first-order valence-corrected chi connectivity index (χ1v) is 5.26. The van der Waals surface area contributed by atoms with Crippen molar-refractivity contribution in [1.82, 2.24) is 9.97 Å². The summed E-state index contributed by atoms with van der Waals surface area (Å²) >= 11 is 0. The summed E-state index contributed by atoms with van der Waals surface area (Å²) in [5.41, 5.74) is 6.32. The fourth-order valence-corrected chi connectivity index (χ4v) is 1.16. The molecule has 1 heterocycles. The summed E-state index contributed by atoms with van der Waals surface area (Å²) in [6.07, 6.45) is 3.68. The molecular weight excluding hydrogens is 192 g/mol. The van der Waals surface area contributed by atoms with Gasteiger partial charge in [0.1, 0.15) is 12.0 Å². The van der Waals surface area contributed by atoms with Gasteiger partial charge in [-0.05, 0) is 13.3 Å². The van der Waals surface area contributed by atoms with E-state index in [4.69, 9.17) is 10.5 Å². The average molecular weight is 210 g/mol. The van der Waals surface area contributed by atoms with E-state index in [9.17, 15) is 0 Å². The molecule has 5 heteroatoms. The lowest BCUT2D eigenvalue weighted by atomic mass is 10.3. The predicted molar refractivity (Wildman–Crippen MR) is 61.0 cm³/mol. The van der Waals surface area contributed by atoms with Crippen molar-refractivity contribution in [3.05, 3.63) is 6.33 Å². The topological polar surface area (TPSA) is 73.1 Å². The van der Waals surface area contributed by atoms with Crippen LogP contribution in [0.1, 0.15) is 26.7 Å². The summed E-state index contributed by atoms with van der Waals surface area (Å²) in [4.78, 5) is 8.02. The number of nitrogens with two attached hydrogens (primary N) is 1. The molecule has 15 heavy (non-hydrogen) atoms. The van der Waals surface area contributed by atoms with Gasteiger partial charge in [-0.25, -0.2) is 4.98 Å². The molecule has 0 atom stereocenters. The van der Waals surface area contributed by atoms with Crippen LogP contribution in [0.2, 0.25) is 0 Å². The number of nitrogens with zero attached hydrogens (tertiary/aromatic N) is 2. The van der Waals surface area contributed by atoms with E-state index in [2.05, 4.69) is 22.2 Å². The zero-order chi connectivity index (χ0) is 11.1. The van der Waals surface area contributed by atoms with Crippen molar-refractivity contribution in [1.29, 1.82) is 0 Å². The monoisotopic (exact) mass is 210 g/mol. The maximum absolute atomic E-state index is 5.84. The van der Waals surface area contributed by atoms with Crippen molar-refractivity contribution in [3.63, 3.8) is 0 Å². The van der Waals surface area contributed by atoms with Crippen LogP contribution in [0.5, 0.6) is 5.88 Å². The van der Waals surface area contributed by atoms with E-state index >= 15 is 0 Å². The molecule has 1 rings (SSSR count). The highest BCUT2D eigenvalue weighted by Gasteiger charge is 2.07. The highest BCUT2D eigenvalue weighted by molar-refractivity contribution is 5.66. The molecule has 84 valence electrons. The number of anilines is 2. The molecule has 0 radical (unpaired) electrons. The molecule has 0 saturated carbocycles. The summed E-state index contributed by atoms with van der Waals surface area (Å²) in [6, 6.07) is 0. The minimum Gasteiger partial charge on any atom is -0.476 e. The van der Waals surface area contributed by atoms with E-state index < -0.39 is 0 Å². The molecule has 0 aromatic carbocycles. The lowest BCUT2D eigenvalue weighted by Gasteiger charge is -2.10.